The largest absolute Gasteiger partial charge is 0.496 e. The van der Waals surface area contributed by atoms with E-state index in [4.69, 9.17) is 4.74 Å². The number of methoxy groups -OCH3 is 1. The number of hydrogen-bond acceptors (Lipinski definition) is 3. The first-order valence-electron chi connectivity index (χ1n) is 9.16. The molecule has 138 valence electrons. The van der Waals surface area contributed by atoms with Crippen LogP contribution in [0.1, 0.15) is 32.7 Å². The van der Waals surface area contributed by atoms with Crippen molar-refractivity contribution in [2.24, 2.45) is 7.05 Å². The summed E-state index contributed by atoms with van der Waals surface area (Å²) in [5, 5.41) is 7.50. The van der Waals surface area contributed by atoms with Gasteiger partial charge in [0.05, 0.1) is 24.6 Å². The Morgan fingerprint density at radius 2 is 2.00 bits per heavy atom. The van der Waals surface area contributed by atoms with Gasteiger partial charge in [0.25, 0.3) is 5.91 Å². The highest BCUT2D eigenvalue weighted by atomic mass is 16.5. The van der Waals surface area contributed by atoms with Crippen LogP contribution in [0, 0.1) is 0 Å². The fourth-order valence-corrected chi connectivity index (χ4v) is 3.83. The summed E-state index contributed by atoms with van der Waals surface area (Å²) in [4.78, 5) is 12.9. The van der Waals surface area contributed by atoms with Gasteiger partial charge in [0.2, 0.25) is 0 Å². The van der Waals surface area contributed by atoms with Gasteiger partial charge in [-0.25, -0.2) is 0 Å². The number of hydrogen-bond donors (Lipinski definition) is 1. The molecule has 5 nitrogen and oxygen atoms in total. The van der Waals surface area contributed by atoms with E-state index in [0.717, 1.165) is 29.8 Å². The second-order valence-electron chi connectivity index (χ2n) is 6.97. The Kier molecular flexibility index (Phi) is 4.67. The van der Waals surface area contributed by atoms with Gasteiger partial charge in [-0.15, -0.1) is 0 Å². The Labute approximate surface area is 159 Å². The number of aryl methyl sites for hydroxylation is 1. The number of amides is 1. The molecule has 0 saturated carbocycles. The third-order valence-electron chi connectivity index (χ3n) is 5.22. The van der Waals surface area contributed by atoms with Crippen LogP contribution in [0.25, 0.3) is 0 Å². The smallest absolute Gasteiger partial charge is 0.255 e. The van der Waals surface area contributed by atoms with Gasteiger partial charge in [0.15, 0.2) is 0 Å². The molecule has 1 aliphatic rings. The summed E-state index contributed by atoms with van der Waals surface area (Å²) in [6, 6.07) is 16.3. The highest BCUT2D eigenvalue weighted by Crippen LogP contribution is 2.30. The van der Waals surface area contributed by atoms with E-state index in [9.17, 15) is 4.79 Å². The monoisotopic (exact) mass is 361 g/mol. The lowest BCUT2D eigenvalue weighted by molar-refractivity contribution is 0.0937. The average molecular weight is 361 g/mol. The molecule has 0 aliphatic heterocycles. The Hall–Kier alpha value is -3.08. The van der Waals surface area contributed by atoms with E-state index in [2.05, 4.69) is 28.6 Å². The molecule has 0 radical (unpaired) electrons. The molecule has 1 amide bonds. The van der Waals surface area contributed by atoms with Crippen molar-refractivity contribution >= 4 is 5.91 Å². The average Bonchev–Trinajstić information content (AvgIpc) is 3.25. The third-order valence-corrected chi connectivity index (χ3v) is 5.22. The molecular formula is C22H23N3O2. The summed E-state index contributed by atoms with van der Waals surface area (Å²) in [5.41, 5.74) is 5.17. The number of ether oxygens (including phenoxy) is 1. The van der Waals surface area contributed by atoms with Crippen LogP contribution in [0.2, 0.25) is 0 Å². The van der Waals surface area contributed by atoms with E-state index in [1.165, 1.54) is 11.1 Å². The van der Waals surface area contributed by atoms with Crippen LogP contribution in [0.4, 0.5) is 0 Å². The van der Waals surface area contributed by atoms with Crippen LogP contribution in [-0.2, 0) is 26.3 Å². The molecule has 1 N–H and O–H groups in total. The van der Waals surface area contributed by atoms with Gasteiger partial charge in [-0.1, -0.05) is 42.5 Å². The Balaban J connectivity index is 1.50. The van der Waals surface area contributed by atoms with Gasteiger partial charge in [0, 0.05) is 19.5 Å². The van der Waals surface area contributed by atoms with Crippen molar-refractivity contribution in [2.45, 2.75) is 25.3 Å². The molecule has 1 aliphatic carbocycles. The summed E-state index contributed by atoms with van der Waals surface area (Å²) >= 11 is 0. The zero-order chi connectivity index (χ0) is 18.8. The number of benzene rings is 2. The van der Waals surface area contributed by atoms with Crippen LogP contribution in [0.5, 0.6) is 5.75 Å². The molecular weight excluding hydrogens is 338 g/mol. The number of fused-ring (bicyclic) bond motifs is 1. The number of carbonyl (C=O) groups is 1. The number of nitrogens with one attached hydrogen (secondary N) is 1. The number of carbonyl (C=O) groups excluding carboxylic acids is 1. The van der Waals surface area contributed by atoms with E-state index in [1.807, 2.05) is 37.4 Å². The van der Waals surface area contributed by atoms with E-state index in [0.29, 0.717) is 12.0 Å². The fraction of sp³-hybridized carbons (Fsp3) is 0.273. The first-order chi connectivity index (χ1) is 13.2. The van der Waals surface area contributed by atoms with Crippen molar-refractivity contribution < 1.29 is 9.53 Å². The molecule has 4 rings (SSSR count). The second kappa shape index (κ2) is 7.27. The summed E-state index contributed by atoms with van der Waals surface area (Å²) < 4.78 is 7.24. The first-order valence-corrected chi connectivity index (χ1v) is 9.16. The SMILES string of the molecule is COc1cccc2c1CC(NC(=O)c1cnn(C)c1Cc1ccccc1)C2. The molecule has 27 heavy (non-hydrogen) atoms. The Bertz CT molecular complexity index is 963. The van der Waals surface area contributed by atoms with Crippen molar-refractivity contribution in [1.82, 2.24) is 15.1 Å². The minimum absolute atomic E-state index is 0.0641. The first kappa shape index (κ1) is 17.3. The van der Waals surface area contributed by atoms with Crippen LogP contribution in [0.15, 0.2) is 54.7 Å². The molecule has 1 aromatic heterocycles. The standard InChI is InChI=1S/C22H23N3O2/c1-25-20(11-15-7-4-3-5-8-15)19(14-23-25)22(26)24-17-12-16-9-6-10-21(27-2)18(16)13-17/h3-10,14,17H,11-13H2,1-2H3,(H,24,26). The Morgan fingerprint density at radius 3 is 2.78 bits per heavy atom. The summed E-state index contributed by atoms with van der Waals surface area (Å²) in [6.45, 7) is 0. The highest BCUT2D eigenvalue weighted by Gasteiger charge is 2.27. The lowest BCUT2D eigenvalue weighted by Gasteiger charge is -2.13. The molecule has 3 aromatic rings. The highest BCUT2D eigenvalue weighted by molar-refractivity contribution is 5.95. The fourth-order valence-electron chi connectivity index (χ4n) is 3.83. The molecule has 1 atom stereocenters. The summed E-state index contributed by atoms with van der Waals surface area (Å²) in [5.74, 6) is 0.834. The summed E-state index contributed by atoms with van der Waals surface area (Å²) in [6.07, 6.45) is 3.96. The van der Waals surface area contributed by atoms with Gasteiger partial charge in [-0.2, -0.15) is 5.10 Å². The van der Waals surface area contributed by atoms with Crippen LogP contribution >= 0.6 is 0 Å². The lowest BCUT2D eigenvalue weighted by atomic mass is 10.1. The summed E-state index contributed by atoms with van der Waals surface area (Å²) in [7, 11) is 3.57. The molecule has 0 spiro atoms. The quantitative estimate of drug-likeness (QED) is 0.760. The minimum atomic E-state index is -0.0641. The zero-order valence-corrected chi connectivity index (χ0v) is 15.6. The number of rotatable bonds is 5. The molecule has 2 aromatic carbocycles. The van der Waals surface area contributed by atoms with Gasteiger partial charge >= 0.3 is 0 Å². The van der Waals surface area contributed by atoms with E-state index in [-0.39, 0.29) is 11.9 Å². The maximum atomic E-state index is 12.9. The van der Waals surface area contributed by atoms with Gasteiger partial charge in [0.1, 0.15) is 5.75 Å². The van der Waals surface area contributed by atoms with Crippen molar-refractivity contribution in [3.8, 4) is 5.75 Å². The zero-order valence-electron chi connectivity index (χ0n) is 15.6. The van der Waals surface area contributed by atoms with Crippen molar-refractivity contribution in [2.75, 3.05) is 7.11 Å². The molecule has 0 saturated heterocycles. The van der Waals surface area contributed by atoms with Gasteiger partial charge in [-0.05, 0) is 35.6 Å². The van der Waals surface area contributed by atoms with E-state index in [1.54, 1.807) is 18.0 Å². The Morgan fingerprint density at radius 1 is 1.19 bits per heavy atom. The predicted octanol–water partition coefficient (Wildman–Crippen LogP) is 2.92. The number of nitrogens with zero attached hydrogens (tertiary/aromatic N) is 2. The third kappa shape index (κ3) is 3.45. The minimum Gasteiger partial charge on any atom is -0.496 e. The maximum absolute atomic E-state index is 12.9. The number of aromatic nitrogens is 2. The molecule has 0 fully saturated rings. The van der Waals surface area contributed by atoms with Crippen LogP contribution in [-0.4, -0.2) is 28.8 Å². The molecule has 0 bridgehead atoms. The van der Waals surface area contributed by atoms with Crippen molar-refractivity contribution in [3.63, 3.8) is 0 Å². The lowest BCUT2D eigenvalue weighted by Crippen LogP contribution is -2.35. The molecule has 5 heteroatoms. The van der Waals surface area contributed by atoms with Gasteiger partial charge in [-0.3, -0.25) is 9.48 Å². The normalized spacial score (nSPS) is 15.4. The van der Waals surface area contributed by atoms with Crippen molar-refractivity contribution in [1.29, 1.82) is 0 Å². The van der Waals surface area contributed by atoms with Gasteiger partial charge < -0.3 is 10.1 Å². The van der Waals surface area contributed by atoms with Crippen LogP contribution in [0.3, 0.4) is 0 Å². The second-order valence-corrected chi connectivity index (χ2v) is 6.97. The van der Waals surface area contributed by atoms with Crippen LogP contribution < -0.4 is 10.1 Å². The van der Waals surface area contributed by atoms with E-state index < -0.39 is 0 Å². The molecule has 1 heterocycles. The maximum Gasteiger partial charge on any atom is 0.255 e. The van der Waals surface area contributed by atoms with E-state index >= 15 is 0 Å². The molecule has 1 unspecified atom stereocenters. The predicted molar refractivity (Wildman–Crippen MR) is 104 cm³/mol. The topological polar surface area (TPSA) is 56.1 Å². The van der Waals surface area contributed by atoms with Crippen molar-refractivity contribution in [3.05, 3.63) is 82.7 Å².